The van der Waals surface area contributed by atoms with Crippen molar-refractivity contribution >= 4 is 10.2 Å². The van der Waals surface area contributed by atoms with Crippen LogP contribution in [-0.2, 0) is 29.7 Å². The van der Waals surface area contributed by atoms with Crippen molar-refractivity contribution in [1.82, 2.24) is 23.4 Å². The molecular formula is C20H29N5O4S. The molecule has 0 amide bonds. The van der Waals surface area contributed by atoms with Gasteiger partial charge < -0.3 is 4.74 Å². The lowest BCUT2D eigenvalue weighted by Gasteiger charge is -2.28. The first-order chi connectivity index (χ1) is 14.5. The number of nitrogens with zero attached hydrogens (tertiary/aromatic N) is 4. The van der Waals surface area contributed by atoms with E-state index in [0.717, 1.165) is 30.6 Å². The standard InChI is InChI=1S/C20H29N5O4S/c1-29-18-7-5-6-16(14-18)15-25-20(26)24-13-10-17(8-9-19(24)21-25)22-30(27,28)23-11-3-2-4-12-23/h5-7,14,17,22H,2-4,8-13,15H2,1H3. The Hall–Kier alpha value is -2.17. The van der Waals surface area contributed by atoms with E-state index in [1.165, 1.54) is 4.68 Å². The van der Waals surface area contributed by atoms with E-state index in [4.69, 9.17) is 4.74 Å². The first-order valence-corrected chi connectivity index (χ1v) is 12.0. The minimum atomic E-state index is -3.48. The van der Waals surface area contributed by atoms with Crippen molar-refractivity contribution in [3.8, 4) is 5.75 Å². The Labute approximate surface area is 176 Å². The fourth-order valence-corrected chi connectivity index (χ4v) is 5.73. The van der Waals surface area contributed by atoms with Gasteiger partial charge in [0.2, 0.25) is 0 Å². The van der Waals surface area contributed by atoms with Crippen LogP contribution in [0.5, 0.6) is 5.75 Å². The van der Waals surface area contributed by atoms with Gasteiger partial charge in [0.05, 0.1) is 13.7 Å². The Morgan fingerprint density at radius 3 is 2.73 bits per heavy atom. The predicted molar refractivity (Wildman–Crippen MR) is 113 cm³/mol. The highest BCUT2D eigenvalue weighted by Crippen LogP contribution is 2.17. The lowest BCUT2D eigenvalue weighted by molar-refractivity contribution is 0.336. The highest BCUT2D eigenvalue weighted by atomic mass is 32.2. The molecule has 1 aromatic heterocycles. The smallest absolute Gasteiger partial charge is 0.346 e. The fraction of sp³-hybridized carbons (Fsp3) is 0.600. The fourth-order valence-electron chi connectivity index (χ4n) is 4.18. The molecule has 0 radical (unpaired) electrons. The largest absolute Gasteiger partial charge is 0.497 e. The van der Waals surface area contributed by atoms with Gasteiger partial charge in [0.25, 0.3) is 10.2 Å². The van der Waals surface area contributed by atoms with Crippen LogP contribution in [0.25, 0.3) is 0 Å². The molecule has 1 saturated heterocycles. The van der Waals surface area contributed by atoms with Crippen LogP contribution >= 0.6 is 0 Å². The molecule has 1 unspecified atom stereocenters. The first kappa shape index (κ1) is 21.1. The number of aryl methyl sites for hydroxylation is 1. The van der Waals surface area contributed by atoms with Crippen LogP contribution in [0, 0.1) is 0 Å². The Kier molecular flexibility index (Phi) is 6.26. The molecule has 0 saturated carbocycles. The molecule has 164 valence electrons. The molecule has 4 rings (SSSR count). The van der Waals surface area contributed by atoms with Crippen LogP contribution in [0.4, 0.5) is 0 Å². The van der Waals surface area contributed by atoms with Gasteiger partial charge in [-0.15, -0.1) is 0 Å². The molecule has 0 spiro atoms. The SMILES string of the molecule is COc1cccc(Cn2nc3n(c2=O)CCC(NS(=O)(=O)N2CCCCC2)CC3)c1. The summed E-state index contributed by atoms with van der Waals surface area (Å²) in [5, 5.41) is 4.52. The van der Waals surface area contributed by atoms with Crippen molar-refractivity contribution in [1.29, 1.82) is 0 Å². The third-order valence-corrected chi connectivity index (χ3v) is 7.53. The summed E-state index contributed by atoms with van der Waals surface area (Å²) in [6.07, 6.45) is 4.67. The van der Waals surface area contributed by atoms with Crippen molar-refractivity contribution in [3.05, 3.63) is 46.1 Å². The number of hydrogen-bond acceptors (Lipinski definition) is 5. The Balaban J connectivity index is 1.43. The number of rotatable bonds is 6. The van der Waals surface area contributed by atoms with Crippen molar-refractivity contribution in [3.63, 3.8) is 0 Å². The predicted octanol–water partition coefficient (Wildman–Crippen LogP) is 1.13. The van der Waals surface area contributed by atoms with Crippen molar-refractivity contribution < 1.29 is 13.2 Å². The number of nitrogens with one attached hydrogen (secondary N) is 1. The molecule has 1 fully saturated rings. The molecule has 1 aromatic carbocycles. The maximum absolute atomic E-state index is 12.8. The van der Waals surface area contributed by atoms with E-state index in [2.05, 4.69) is 9.82 Å². The van der Waals surface area contributed by atoms with E-state index in [9.17, 15) is 13.2 Å². The van der Waals surface area contributed by atoms with Gasteiger partial charge in [0.15, 0.2) is 0 Å². The minimum absolute atomic E-state index is 0.160. The van der Waals surface area contributed by atoms with E-state index in [0.29, 0.717) is 51.3 Å². The summed E-state index contributed by atoms with van der Waals surface area (Å²) in [7, 11) is -1.87. The average molecular weight is 436 g/mol. The Morgan fingerprint density at radius 1 is 1.17 bits per heavy atom. The summed E-state index contributed by atoms with van der Waals surface area (Å²) in [5.74, 6) is 1.45. The van der Waals surface area contributed by atoms with E-state index < -0.39 is 10.2 Å². The quantitative estimate of drug-likeness (QED) is 0.733. The van der Waals surface area contributed by atoms with Gasteiger partial charge in [-0.2, -0.15) is 22.5 Å². The third-order valence-electron chi connectivity index (χ3n) is 5.85. The summed E-state index contributed by atoms with van der Waals surface area (Å²) < 4.78 is 38.1. The average Bonchev–Trinajstić information content (AvgIpc) is 2.91. The minimum Gasteiger partial charge on any atom is -0.497 e. The van der Waals surface area contributed by atoms with E-state index in [1.807, 2.05) is 24.3 Å². The van der Waals surface area contributed by atoms with Crippen LogP contribution in [0.1, 0.15) is 43.5 Å². The van der Waals surface area contributed by atoms with Crippen molar-refractivity contribution in [2.75, 3.05) is 20.2 Å². The highest BCUT2D eigenvalue weighted by Gasteiger charge is 2.28. The van der Waals surface area contributed by atoms with Crippen LogP contribution < -0.4 is 15.1 Å². The maximum Gasteiger partial charge on any atom is 0.346 e. The van der Waals surface area contributed by atoms with Crippen LogP contribution in [-0.4, -0.2) is 53.3 Å². The van der Waals surface area contributed by atoms with Gasteiger partial charge in [-0.3, -0.25) is 4.57 Å². The Morgan fingerprint density at radius 2 is 1.97 bits per heavy atom. The second-order valence-electron chi connectivity index (χ2n) is 7.97. The molecule has 30 heavy (non-hydrogen) atoms. The van der Waals surface area contributed by atoms with Gasteiger partial charge in [-0.25, -0.2) is 9.48 Å². The summed E-state index contributed by atoms with van der Waals surface area (Å²) in [4.78, 5) is 12.8. The zero-order chi connectivity index (χ0) is 21.1. The molecule has 2 aliphatic heterocycles. The first-order valence-electron chi connectivity index (χ1n) is 10.5. The number of piperidine rings is 1. The van der Waals surface area contributed by atoms with E-state index in [-0.39, 0.29) is 11.7 Å². The summed E-state index contributed by atoms with van der Waals surface area (Å²) in [6.45, 7) is 2.00. The summed E-state index contributed by atoms with van der Waals surface area (Å²) in [5.41, 5.74) is 0.782. The third kappa shape index (κ3) is 4.60. The summed E-state index contributed by atoms with van der Waals surface area (Å²) in [6, 6.07) is 7.39. The number of aromatic nitrogens is 3. The monoisotopic (exact) mass is 435 g/mol. The second kappa shape index (κ2) is 8.91. The number of hydrogen-bond donors (Lipinski definition) is 1. The van der Waals surface area contributed by atoms with Gasteiger partial charge in [0.1, 0.15) is 11.6 Å². The maximum atomic E-state index is 12.8. The lowest BCUT2D eigenvalue weighted by atomic mass is 10.1. The van der Waals surface area contributed by atoms with Crippen LogP contribution in [0.2, 0.25) is 0 Å². The number of fused-ring (bicyclic) bond motifs is 1. The topological polar surface area (TPSA) is 98.5 Å². The molecule has 2 aliphatic rings. The molecule has 9 nitrogen and oxygen atoms in total. The van der Waals surface area contributed by atoms with Gasteiger partial charge in [0, 0.05) is 32.1 Å². The van der Waals surface area contributed by atoms with E-state index in [1.54, 1.807) is 16.0 Å². The molecular weight excluding hydrogens is 406 g/mol. The second-order valence-corrected chi connectivity index (χ2v) is 9.67. The van der Waals surface area contributed by atoms with E-state index >= 15 is 0 Å². The number of ether oxygens (including phenoxy) is 1. The number of methoxy groups -OCH3 is 1. The zero-order valence-corrected chi connectivity index (χ0v) is 18.1. The molecule has 10 heteroatoms. The Bertz CT molecular complexity index is 1040. The van der Waals surface area contributed by atoms with Crippen molar-refractivity contribution in [2.45, 2.75) is 57.7 Å². The molecule has 1 N–H and O–H groups in total. The van der Waals surface area contributed by atoms with Crippen molar-refractivity contribution in [2.24, 2.45) is 0 Å². The van der Waals surface area contributed by atoms with Gasteiger partial charge in [-0.1, -0.05) is 18.6 Å². The molecule has 0 bridgehead atoms. The number of benzene rings is 1. The van der Waals surface area contributed by atoms with Crippen LogP contribution in [0.3, 0.4) is 0 Å². The normalized spacial score (nSPS) is 20.5. The zero-order valence-electron chi connectivity index (χ0n) is 17.3. The van der Waals surface area contributed by atoms with Gasteiger partial charge in [-0.05, 0) is 43.4 Å². The van der Waals surface area contributed by atoms with Crippen LogP contribution in [0.15, 0.2) is 29.1 Å². The lowest BCUT2D eigenvalue weighted by Crippen LogP contribution is -2.47. The molecule has 2 aromatic rings. The molecule has 0 aliphatic carbocycles. The highest BCUT2D eigenvalue weighted by molar-refractivity contribution is 7.87. The molecule has 3 heterocycles. The summed E-state index contributed by atoms with van der Waals surface area (Å²) >= 11 is 0. The van der Waals surface area contributed by atoms with Gasteiger partial charge >= 0.3 is 5.69 Å². The molecule has 1 atom stereocenters.